The first-order valence-corrected chi connectivity index (χ1v) is 10.1. The number of nitrogens with two attached hydrogens (primary N) is 1. The summed E-state index contributed by atoms with van der Waals surface area (Å²) in [5, 5.41) is 4.53. The summed E-state index contributed by atoms with van der Waals surface area (Å²) in [6, 6.07) is 28.8. The van der Waals surface area contributed by atoms with Crippen LogP contribution in [0.25, 0.3) is 5.69 Å². The van der Waals surface area contributed by atoms with Gasteiger partial charge in [-0.3, -0.25) is 14.4 Å². The van der Waals surface area contributed by atoms with E-state index >= 15 is 0 Å². The molecule has 7 heteroatoms. The Bertz CT molecular complexity index is 1250. The zero-order valence-electron chi connectivity index (χ0n) is 17.3. The maximum Gasteiger partial charge on any atom is 0.338 e. The largest absolute Gasteiger partial charge is 0.338 e. The number of urea groups is 1. The Balaban J connectivity index is 1.52. The van der Waals surface area contributed by atoms with Crippen LogP contribution in [0.4, 0.5) is 21.9 Å². The van der Waals surface area contributed by atoms with Gasteiger partial charge in [0.05, 0.1) is 11.4 Å². The molecule has 4 N–H and O–H groups in total. The Labute approximate surface area is 185 Å². The molecule has 4 rings (SSSR count). The van der Waals surface area contributed by atoms with Crippen molar-refractivity contribution < 1.29 is 4.79 Å². The Kier molecular flexibility index (Phi) is 6.29. The number of nitrogens with one attached hydrogen (secondary N) is 2. The number of aromatic nitrogens is 1. The van der Waals surface area contributed by atoms with Crippen molar-refractivity contribution >= 4 is 23.1 Å². The molecule has 2 amide bonds. The highest BCUT2D eigenvalue weighted by Crippen LogP contribution is 2.24. The SMILES string of the molecule is NCc1cccc(N(NC(=O)Nc2ccc(-n3ccccc3=O)cc2)c2ccccc2)c1. The van der Waals surface area contributed by atoms with Crippen LogP contribution in [0.5, 0.6) is 0 Å². The van der Waals surface area contributed by atoms with Gasteiger partial charge in [0.1, 0.15) is 0 Å². The van der Waals surface area contributed by atoms with Gasteiger partial charge in [-0.25, -0.2) is 10.2 Å². The molecule has 0 atom stereocenters. The van der Waals surface area contributed by atoms with Crippen LogP contribution in [0, 0.1) is 0 Å². The van der Waals surface area contributed by atoms with Gasteiger partial charge in [-0.1, -0.05) is 36.4 Å². The van der Waals surface area contributed by atoms with E-state index in [0.717, 1.165) is 16.9 Å². The van der Waals surface area contributed by atoms with Crippen LogP contribution in [0.3, 0.4) is 0 Å². The number of para-hydroxylation sites is 1. The zero-order chi connectivity index (χ0) is 22.3. The van der Waals surface area contributed by atoms with E-state index in [0.29, 0.717) is 17.9 Å². The number of hydrogen-bond donors (Lipinski definition) is 3. The normalized spacial score (nSPS) is 10.4. The molecule has 0 bridgehead atoms. The number of pyridine rings is 1. The maximum atomic E-state index is 12.8. The summed E-state index contributed by atoms with van der Waals surface area (Å²) in [4.78, 5) is 24.8. The van der Waals surface area contributed by atoms with E-state index in [2.05, 4.69) is 10.7 Å². The molecule has 0 saturated heterocycles. The smallest absolute Gasteiger partial charge is 0.326 e. The minimum absolute atomic E-state index is 0.121. The summed E-state index contributed by atoms with van der Waals surface area (Å²) in [5.41, 5.74) is 12.4. The number of hydrazine groups is 1. The summed E-state index contributed by atoms with van der Waals surface area (Å²) < 4.78 is 1.53. The van der Waals surface area contributed by atoms with Crippen LogP contribution in [0.15, 0.2) is 108 Å². The van der Waals surface area contributed by atoms with Crippen molar-refractivity contribution in [3.05, 3.63) is 119 Å². The number of anilines is 3. The molecule has 160 valence electrons. The monoisotopic (exact) mass is 425 g/mol. The van der Waals surface area contributed by atoms with E-state index in [1.54, 1.807) is 47.6 Å². The Hall–Kier alpha value is -4.36. The lowest BCUT2D eigenvalue weighted by molar-refractivity contribution is 0.252. The van der Waals surface area contributed by atoms with E-state index in [1.165, 1.54) is 10.6 Å². The first-order chi connectivity index (χ1) is 15.6. The van der Waals surface area contributed by atoms with E-state index in [9.17, 15) is 9.59 Å². The molecule has 0 saturated carbocycles. The first-order valence-electron chi connectivity index (χ1n) is 10.1. The second-order valence-corrected chi connectivity index (χ2v) is 7.07. The lowest BCUT2D eigenvalue weighted by Gasteiger charge is -2.26. The minimum Gasteiger partial charge on any atom is -0.326 e. The van der Waals surface area contributed by atoms with Gasteiger partial charge in [-0.15, -0.1) is 0 Å². The molecule has 0 aliphatic rings. The first kappa shape index (κ1) is 20.9. The average Bonchev–Trinajstić information content (AvgIpc) is 2.84. The van der Waals surface area contributed by atoms with Gasteiger partial charge < -0.3 is 11.1 Å². The van der Waals surface area contributed by atoms with E-state index < -0.39 is 6.03 Å². The van der Waals surface area contributed by atoms with Crippen LogP contribution in [-0.4, -0.2) is 10.6 Å². The van der Waals surface area contributed by atoms with Crippen molar-refractivity contribution in [3.8, 4) is 5.69 Å². The highest BCUT2D eigenvalue weighted by atomic mass is 16.2. The molecular formula is C25H23N5O2. The molecule has 7 nitrogen and oxygen atoms in total. The molecule has 3 aromatic carbocycles. The van der Waals surface area contributed by atoms with Crippen molar-refractivity contribution in [1.29, 1.82) is 0 Å². The third kappa shape index (κ3) is 4.85. The van der Waals surface area contributed by atoms with Gasteiger partial charge in [0.15, 0.2) is 0 Å². The van der Waals surface area contributed by atoms with Crippen molar-refractivity contribution in [1.82, 2.24) is 9.99 Å². The standard InChI is InChI=1S/C25H23N5O2/c26-18-19-7-6-10-23(17-19)30(22-8-2-1-3-9-22)28-25(32)27-20-12-14-21(15-13-20)29-16-5-4-11-24(29)31/h1-17H,18,26H2,(H2,27,28,32). The van der Waals surface area contributed by atoms with Crippen LogP contribution < -0.4 is 27.0 Å². The minimum atomic E-state index is -0.406. The van der Waals surface area contributed by atoms with Crippen LogP contribution >= 0.6 is 0 Å². The quantitative estimate of drug-likeness (QED) is 0.404. The lowest BCUT2D eigenvalue weighted by atomic mass is 10.2. The summed E-state index contributed by atoms with van der Waals surface area (Å²) in [5.74, 6) is 0. The van der Waals surface area contributed by atoms with Crippen LogP contribution in [0.2, 0.25) is 0 Å². The summed E-state index contributed by atoms with van der Waals surface area (Å²) in [6.45, 7) is 0.402. The number of benzene rings is 3. The Morgan fingerprint density at radius 2 is 1.56 bits per heavy atom. The number of nitrogens with zero attached hydrogens (tertiary/aromatic N) is 2. The molecule has 0 unspecified atom stereocenters. The van der Waals surface area contributed by atoms with Crippen molar-refractivity contribution in [2.45, 2.75) is 6.54 Å². The van der Waals surface area contributed by atoms with Gasteiger partial charge >= 0.3 is 6.03 Å². The molecule has 1 aromatic heterocycles. The highest BCUT2D eigenvalue weighted by Gasteiger charge is 2.13. The molecular weight excluding hydrogens is 402 g/mol. The summed E-state index contributed by atoms with van der Waals surface area (Å²) in [6.07, 6.45) is 1.70. The fourth-order valence-electron chi connectivity index (χ4n) is 3.28. The maximum absolute atomic E-state index is 12.8. The summed E-state index contributed by atoms with van der Waals surface area (Å²) in [7, 11) is 0. The number of carbonyl (C=O) groups excluding carboxylic acids is 1. The molecule has 0 radical (unpaired) electrons. The van der Waals surface area contributed by atoms with Gasteiger partial charge in [0.2, 0.25) is 0 Å². The van der Waals surface area contributed by atoms with Gasteiger partial charge in [0.25, 0.3) is 5.56 Å². The molecule has 0 spiro atoms. The number of carbonyl (C=O) groups is 1. The molecule has 0 aliphatic heterocycles. The van der Waals surface area contributed by atoms with Gasteiger partial charge in [-0.2, -0.15) is 0 Å². The molecule has 32 heavy (non-hydrogen) atoms. The Morgan fingerprint density at radius 1 is 0.844 bits per heavy atom. The van der Waals surface area contributed by atoms with E-state index in [-0.39, 0.29) is 5.56 Å². The fourth-order valence-corrected chi connectivity index (χ4v) is 3.28. The zero-order valence-corrected chi connectivity index (χ0v) is 17.3. The van der Waals surface area contributed by atoms with Gasteiger partial charge in [0, 0.05) is 30.2 Å². The van der Waals surface area contributed by atoms with E-state index in [1.807, 2.05) is 54.6 Å². The second-order valence-electron chi connectivity index (χ2n) is 7.07. The Morgan fingerprint density at radius 3 is 2.28 bits per heavy atom. The molecule has 1 heterocycles. The van der Waals surface area contributed by atoms with Gasteiger partial charge in [-0.05, 0) is 60.2 Å². The number of hydrogen-bond acceptors (Lipinski definition) is 4. The fraction of sp³-hybridized carbons (Fsp3) is 0.0400. The second kappa shape index (κ2) is 9.63. The van der Waals surface area contributed by atoms with Crippen molar-refractivity contribution in [2.75, 3.05) is 10.3 Å². The van der Waals surface area contributed by atoms with Crippen molar-refractivity contribution in [3.63, 3.8) is 0 Å². The topological polar surface area (TPSA) is 92.4 Å². The highest BCUT2D eigenvalue weighted by molar-refractivity contribution is 5.91. The lowest BCUT2D eigenvalue weighted by Crippen LogP contribution is -2.41. The number of rotatable bonds is 6. The molecule has 0 fully saturated rings. The summed E-state index contributed by atoms with van der Waals surface area (Å²) >= 11 is 0. The predicted octanol–water partition coefficient (Wildman–Crippen LogP) is 4.17. The van der Waals surface area contributed by atoms with E-state index in [4.69, 9.17) is 5.73 Å². The van der Waals surface area contributed by atoms with Crippen molar-refractivity contribution in [2.24, 2.45) is 5.73 Å². The average molecular weight is 425 g/mol. The third-order valence-electron chi connectivity index (χ3n) is 4.86. The predicted molar refractivity (Wildman–Crippen MR) is 127 cm³/mol. The molecule has 4 aromatic rings. The molecule has 0 aliphatic carbocycles. The number of amides is 2. The van der Waals surface area contributed by atoms with Crippen LogP contribution in [0.1, 0.15) is 5.56 Å². The van der Waals surface area contributed by atoms with Crippen LogP contribution in [-0.2, 0) is 6.54 Å². The third-order valence-corrected chi connectivity index (χ3v) is 4.86.